The van der Waals surface area contributed by atoms with E-state index in [9.17, 15) is 15.0 Å². The third-order valence-electron chi connectivity index (χ3n) is 9.22. The van der Waals surface area contributed by atoms with E-state index < -0.39 is 18.3 Å². The summed E-state index contributed by atoms with van der Waals surface area (Å²) in [7, 11) is 0. The monoisotopic (exact) mass is 547 g/mol. The van der Waals surface area contributed by atoms with E-state index in [1.165, 1.54) is 0 Å². The summed E-state index contributed by atoms with van der Waals surface area (Å²) < 4.78 is 7.57. The summed E-state index contributed by atoms with van der Waals surface area (Å²) in [6.45, 7) is 9.16. The fourth-order valence-electron chi connectivity index (χ4n) is 6.85. The first-order valence-electron chi connectivity index (χ1n) is 14.5. The van der Waals surface area contributed by atoms with Crippen LogP contribution in [0.3, 0.4) is 0 Å². The van der Waals surface area contributed by atoms with Gasteiger partial charge < -0.3 is 14.9 Å². The van der Waals surface area contributed by atoms with Crippen LogP contribution in [0.1, 0.15) is 63.9 Å². The highest BCUT2D eigenvalue weighted by Gasteiger charge is 2.50. The Hall–Kier alpha value is -3.22. The van der Waals surface area contributed by atoms with Crippen molar-refractivity contribution in [2.45, 2.75) is 78.6 Å². The molecule has 1 aromatic heterocycles. The number of aryl methyl sites for hydroxylation is 1. The molecule has 3 aliphatic rings. The molecule has 2 fully saturated rings. The molecule has 3 N–H and O–H groups in total. The molecular weight excluding hydrogens is 506 g/mol. The third kappa shape index (κ3) is 5.93. The fraction of sp³-hybridized carbons (Fsp3) is 0.613. The van der Waals surface area contributed by atoms with Gasteiger partial charge in [0, 0.05) is 24.2 Å². The number of rotatable bonds is 6. The number of amides is 1. The summed E-state index contributed by atoms with van der Waals surface area (Å²) in [6, 6.07) is 9.62. The summed E-state index contributed by atoms with van der Waals surface area (Å²) >= 11 is 0. The summed E-state index contributed by atoms with van der Waals surface area (Å²) in [5.74, 6) is 1.48. The topological polar surface area (TPSA) is 133 Å². The summed E-state index contributed by atoms with van der Waals surface area (Å²) in [5, 5.41) is 41.4. The van der Waals surface area contributed by atoms with Crippen molar-refractivity contribution < 1.29 is 19.7 Å². The van der Waals surface area contributed by atoms with E-state index in [1.807, 2.05) is 35.9 Å². The van der Waals surface area contributed by atoms with Crippen molar-refractivity contribution in [3.63, 3.8) is 0 Å². The molecule has 0 bridgehead atoms. The average molecular weight is 548 g/mol. The van der Waals surface area contributed by atoms with Crippen LogP contribution < -0.4 is 5.32 Å². The molecule has 0 radical (unpaired) electrons. The minimum absolute atomic E-state index is 0.0136. The van der Waals surface area contributed by atoms with Crippen molar-refractivity contribution in [1.82, 2.24) is 15.0 Å². The second-order valence-electron chi connectivity index (χ2n) is 12.9. The van der Waals surface area contributed by atoms with Crippen molar-refractivity contribution in [1.29, 1.82) is 5.26 Å². The van der Waals surface area contributed by atoms with Crippen molar-refractivity contribution in [2.24, 2.45) is 35.0 Å². The predicted molar refractivity (Wildman–Crippen MR) is 151 cm³/mol. The molecule has 0 aliphatic heterocycles. The van der Waals surface area contributed by atoms with Crippen LogP contribution in [-0.2, 0) is 24.1 Å². The first-order valence-corrected chi connectivity index (χ1v) is 14.5. The molecule has 0 spiro atoms. The zero-order chi connectivity index (χ0) is 28.6. The Morgan fingerprint density at radius 3 is 2.50 bits per heavy atom. The number of nitrogens with zero attached hydrogens (tertiary/aromatic N) is 4. The van der Waals surface area contributed by atoms with Gasteiger partial charge in [0.1, 0.15) is 0 Å². The van der Waals surface area contributed by atoms with Crippen molar-refractivity contribution in [3.8, 4) is 6.07 Å². The quantitative estimate of drug-likeness (QED) is 0.450. The fourth-order valence-corrected chi connectivity index (χ4v) is 6.85. The number of ether oxygens (including phenoxy) is 1. The van der Waals surface area contributed by atoms with Crippen LogP contribution in [0, 0.1) is 46.3 Å². The molecule has 2 aromatic rings. The Kier molecular flexibility index (Phi) is 8.03. The molecule has 0 saturated heterocycles. The molecule has 1 aromatic carbocycles. The standard InChI is InChI=1S/C31H41N5O4/c1-18-15-20(29(38)28(18)37)16-36-27-12-10-23-22(9-11-26(27)34-35-36)24(23)17-40-30(39)33-21-7-5-19(6-8-21)25(13-14-32)31(2,3)4/h5-8,13,18,20,22-24,28-29,37-38H,9-12,15-17H2,1-4H3,(H,33,39)/b25-13-/t18-,20+,22?,23?,24?,28-,29+/m0/s1. The Balaban J connectivity index is 1.11. The first-order chi connectivity index (χ1) is 19.1. The van der Waals surface area contributed by atoms with Gasteiger partial charge >= 0.3 is 6.09 Å². The van der Waals surface area contributed by atoms with Gasteiger partial charge in [-0.2, -0.15) is 5.26 Å². The van der Waals surface area contributed by atoms with Crippen LogP contribution in [0.4, 0.5) is 10.5 Å². The summed E-state index contributed by atoms with van der Waals surface area (Å²) in [6.07, 6.45) is 4.24. The van der Waals surface area contributed by atoms with E-state index in [0.717, 1.165) is 54.6 Å². The van der Waals surface area contributed by atoms with Crippen molar-refractivity contribution >= 4 is 17.4 Å². The Morgan fingerprint density at radius 1 is 1.18 bits per heavy atom. The van der Waals surface area contributed by atoms with Gasteiger partial charge in [0.2, 0.25) is 0 Å². The molecule has 40 heavy (non-hydrogen) atoms. The Morgan fingerprint density at radius 2 is 1.88 bits per heavy atom. The maximum atomic E-state index is 12.5. The smallest absolute Gasteiger partial charge is 0.411 e. The van der Waals surface area contributed by atoms with Crippen LogP contribution in [0.15, 0.2) is 30.3 Å². The number of benzene rings is 1. The average Bonchev–Trinajstić information content (AvgIpc) is 3.32. The number of fused-ring (bicyclic) bond motifs is 2. The minimum Gasteiger partial charge on any atom is -0.449 e. The molecule has 214 valence electrons. The second-order valence-corrected chi connectivity index (χ2v) is 12.9. The van der Waals surface area contributed by atoms with Gasteiger partial charge in [0.15, 0.2) is 0 Å². The van der Waals surface area contributed by atoms with Crippen LogP contribution in [0.2, 0.25) is 0 Å². The first kappa shape index (κ1) is 28.3. The highest BCUT2D eigenvalue weighted by atomic mass is 16.5. The van der Waals surface area contributed by atoms with E-state index >= 15 is 0 Å². The van der Waals surface area contributed by atoms with Gasteiger partial charge in [-0.05, 0) is 84.5 Å². The maximum absolute atomic E-state index is 12.5. The number of aromatic nitrogens is 3. The number of nitrogens with one attached hydrogen (secondary N) is 1. The lowest BCUT2D eigenvalue weighted by molar-refractivity contribution is 0.00317. The maximum Gasteiger partial charge on any atom is 0.411 e. The van der Waals surface area contributed by atoms with Gasteiger partial charge in [-0.3, -0.25) is 5.32 Å². The third-order valence-corrected chi connectivity index (χ3v) is 9.22. The minimum atomic E-state index is -0.719. The highest BCUT2D eigenvalue weighted by molar-refractivity contribution is 5.85. The number of carbonyl (C=O) groups excluding carboxylic acids is 1. The van der Waals surface area contributed by atoms with Gasteiger partial charge in [-0.15, -0.1) is 5.10 Å². The number of hydrogen-bond acceptors (Lipinski definition) is 7. The molecule has 3 unspecified atom stereocenters. The number of allylic oxidation sites excluding steroid dienone is 2. The van der Waals surface area contributed by atoms with Crippen LogP contribution in [-0.4, -0.2) is 50.1 Å². The van der Waals surface area contributed by atoms with Crippen LogP contribution in [0.25, 0.3) is 5.57 Å². The molecule has 9 heteroatoms. The lowest BCUT2D eigenvalue weighted by Gasteiger charge is -2.22. The van der Waals surface area contributed by atoms with Crippen molar-refractivity contribution in [2.75, 3.05) is 11.9 Å². The molecule has 5 rings (SSSR count). The lowest BCUT2D eigenvalue weighted by Crippen LogP contribution is -2.30. The normalized spacial score (nSPS) is 29.9. The van der Waals surface area contributed by atoms with Gasteiger partial charge in [0.05, 0.1) is 36.3 Å². The molecule has 3 aliphatic carbocycles. The van der Waals surface area contributed by atoms with E-state index in [-0.39, 0.29) is 17.3 Å². The summed E-state index contributed by atoms with van der Waals surface area (Å²) in [4.78, 5) is 12.5. The zero-order valence-corrected chi connectivity index (χ0v) is 23.9. The molecular formula is C31H41N5O4. The number of aliphatic hydroxyl groups is 2. The molecule has 1 amide bonds. The van der Waals surface area contributed by atoms with Crippen molar-refractivity contribution in [3.05, 3.63) is 47.3 Å². The number of carbonyl (C=O) groups is 1. The Bertz CT molecular complexity index is 1290. The second kappa shape index (κ2) is 11.3. The number of hydrogen-bond donors (Lipinski definition) is 3. The number of nitriles is 1. The van der Waals surface area contributed by atoms with E-state index in [0.29, 0.717) is 36.6 Å². The van der Waals surface area contributed by atoms with E-state index in [1.54, 1.807) is 6.08 Å². The molecule has 7 atom stereocenters. The van der Waals surface area contributed by atoms with E-state index in [2.05, 4.69) is 42.5 Å². The largest absolute Gasteiger partial charge is 0.449 e. The predicted octanol–water partition coefficient (Wildman–Crippen LogP) is 4.60. The highest BCUT2D eigenvalue weighted by Crippen LogP contribution is 2.53. The number of aliphatic hydroxyl groups excluding tert-OH is 2. The van der Waals surface area contributed by atoms with Gasteiger partial charge in [-0.25, -0.2) is 9.48 Å². The summed E-state index contributed by atoms with van der Waals surface area (Å²) in [5.41, 5.74) is 4.56. The Labute approximate surface area is 236 Å². The van der Waals surface area contributed by atoms with Gasteiger partial charge in [0.25, 0.3) is 0 Å². The van der Waals surface area contributed by atoms with Crippen LogP contribution in [0.5, 0.6) is 0 Å². The molecule has 1 heterocycles. The number of anilines is 1. The zero-order valence-electron chi connectivity index (χ0n) is 23.9. The van der Waals surface area contributed by atoms with E-state index in [4.69, 9.17) is 10.00 Å². The SMILES string of the molecule is C[C@H]1C[C@H](Cn2nnc3c2CCC2C(CC3)C2COC(=O)Nc2ccc(/C(=C/C#N)C(C)(C)C)cc2)[C@@H](O)[C@H]1O. The lowest BCUT2D eigenvalue weighted by atomic mass is 9.82. The van der Waals surface area contributed by atoms with Crippen LogP contribution >= 0.6 is 0 Å². The van der Waals surface area contributed by atoms with Gasteiger partial charge in [-0.1, -0.05) is 45.0 Å². The molecule has 9 nitrogen and oxygen atoms in total. The molecule has 2 saturated carbocycles.